The second-order valence-corrected chi connectivity index (χ2v) is 10.4. The van der Waals surface area contributed by atoms with E-state index in [1.54, 1.807) is 24.3 Å². The lowest BCUT2D eigenvalue weighted by atomic mass is 10.2. The van der Waals surface area contributed by atoms with Crippen molar-refractivity contribution in [3.8, 4) is 6.07 Å². The molecule has 0 amide bonds. The second-order valence-electron chi connectivity index (χ2n) is 4.17. The Labute approximate surface area is 121 Å². The monoisotopic (exact) mass is 305 g/mol. The van der Waals surface area contributed by atoms with E-state index in [4.69, 9.17) is 5.26 Å². The van der Waals surface area contributed by atoms with Gasteiger partial charge in [-0.3, -0.25) is 0 Å². The van der Waals surface area contributed by atoms with Crippen LogP contribution in [0.4, 0.5) is 0 Å². The molecule has 0 bridgehead atoms. The van der Waals surface area contributed by atoms with Crippen LogP contribution in [0.25, 0.3) is 0 Å². The molecule has 0 heterocycles. The average Bonchev–Trinajstić information content (AvgIpc) is 2.49. The molecule has 0 aliphatic heterocycles. The molecule has 0 radical (unpaired) electrons. The van der Waals surface area contributed by atoms with E-state index < -0.39 is 16.6 Å². The summed E-state index contributed by atoms with van der Waals surface area (Å²) in [5.41, 5.74) is 0.577. The molecule has 2 aromatic rings. The van der Waals surface area contributed by atoms with E-state index in [9.17, 15) is 9.79 Å². The topological polar surface area (TPSA) is 64.2 Å². The lowest BCUT2D eigenvalue weighted by Crippen LogP contribution is -2.10. The van der Waals surface area contributed by atoms with Crippen molar-refractivity contribution in [1.29, 1.82) is 5.26 Å². The van der Waals surface area contributed by atoms with Crippen molar-refractivity contribution in [2.24, 2.45) is 0 Å². The SMILES string of the molecule is CCS(c1ccc(C#N)cc1)=P(O)(O)c1ccccc1. The molecule has 1 atom stereocenters. The molecular formula is C15H16NO2PS. The number of hydrogen-bond donors (Lipinski definition) is 2. The van der Waals surface area contributed by atoms with Gasteiger partial charge in [-0.25, -0.2) is 0 Å². The minimum absolute atomic E-state index is 0.577. The maximum Gasteiger partial charge on any atom is 0.178 e. The highest BCUT2D eigenvalue weighted by atomic mass is 32.5. The normalized spacial score (nSPS) is 12.7. The quantitative estimate of drug-likeness (QED) is 0.857. The fourth-order valence-electron chi connectivity index (χ4n) is 1.93. The number of rotatable bonds is 3. The number of nitriles is 1. The third-order valence-corrected chi connectivity index (χ3v) is 9.76. The molecule has 0 saturated carbocycles. The zero-order valence-electron chi connectivity index (χ0n) is 11.1. The molecule has 0 spiro atoms. The fraction of sp³-hybridized carbons (Fsp3) is 0.133. The summed E-state index contributed by atoms with van der Waals surface area (Å²) in [6.45, 7) is -1.26. The van der Waals surface area contributed by atoms with E-state index in [0.29, 0.717) is 16.6 Å². The largest absolute Gasteiger partial charge is 0.345 e. The Hall–Kier alpha value is -1.37. The molecule has 104 valence electrons. The summed E-state index contributed by atoms with van der Waals surface area (Å²) in [5, 5.41) is 9.41. The highest BCUT2D eigenvalue weighted by Crippen LogP contribution is 2.43. The highest BCUT2D eigenvalue weighted by molar-refractivity contribution is 8.31. The third kappa shape index (κ3) is 3.03. The van der Waals surface area contributed by atoms with Gasteiger partial charge < -0.3 is 9.79 Å². The van der Waals surface area contributed by atoms with Crippen molar-refractivity contribution in [2.75, 3.05) is 5.75 Å². The Bertz CT molecular complexity index is 684. The summed E-state index contributed by atoms with van der Waals surface area (Å²) in [6.07, 6.45) is 0. The van der Waals surface area contributed by atoms with Crippen LogP contribution in [-0.4, -0.2) is 15.5 Å². The van der Waals surface area contributed by atoms with Gasteiger partial charge in [0.05, 0.1) is 11.6 Å². The summed E-state index contributed by atoms with van der Waals surface area (Å²) in [5.74, 6) is 0.654. The van der Waals surface area contributed by atoms with Gasteiger partial charge in [-0.1, -0.05) is 25.1 Å². The first kappa shape index (κ1) is 15.0. The number of nitrogens with zero attached hydrogens (tertiary/aromatic N) is 1. The minimum atomic E-state index is -3.21. The standard InChI is InChI=1S/C15H16NO2PS/c1-2-20(15-10-8-13(12-16)9-11-15)19(17,18)14-6-4-3-5-7-14/h3-11,17-18H,2H2,1H3. The van der Waals surface area contributed by atoms with Crippen LogP contribution in [0.5, 0.6) is 0 Å². The Balaban J connectivity index is 2.60. The first-order valence-electron chi connectivity index (χ1n) is 6.21. The van der Waals surface area contributed by atoms with Gasteiger partial charge in [0, 0.05) is 10.2 Å². The molecule has 20 heavy (non-hydrogen) atoms. The van der Waals surface area contributed by atoms with Crippen molar-refractivity contribution in [1.82, 2.24) is 0 Å². The lowest BCUT2D eigenvalue weighted by molar-refractivity contribution is 0.492. The molecule has 0 aromatic heterocycles. The average molecular weight is 305 g/mol. The number of hydrogen-bond acceptors (Lipinski definition) is 1. The van der Waals surface area contributed by atoms with Crippen LogP contribution < -0.4 is 5.30 Å². The first-order chi connectivity index (χ1) is 9.59. The molecule has 0 fully saturated rings. The van der Waals surface area contributed by atoms with Crippen molar-refractivity contribution in [3.05, 3.63) is 60.2 Å². The highest BCUT2D eigenvalue weighted by Gasteiger charge is 2.19. The first-order valence-corrected chi connectivity index (χ1v) is 9.91. The van der Waals surface area contributed by atoms with Crippen LogP contribution in [0.15, 0.2) is 59.5 Å². The fourth-order valence-corrected chi connectivity index (χ4v) is 7.64. The maximum atomic E-state index is 10.6. The molecule has 2 N–H and O–H groups in total. The van der Waals surface area contributed by atoms with Gasteiger partial charge in [0.2, 0.25) is 0 Å². The summed E-state index contributed by atoms with van der Waals surface area (Å²) in [6, 6.07) is 18.1. The Morgan fingerprint density at radius 3 is 2.15 bits per heavy atom. The van der Waals surface area contributed by atoms with Crippen LogP contribution in [0.3, 0.4) is 0 Å². The van der Waals surface area contributed by atoms with Crippen molar-refractivity contribution < 1.29 is 9.79 Å². The van der Waals surface area contributed by atoms with Gasteiger partial charge >= 0.3 is 0 Å². The summed E-state index contributed by atoms with van der Waals surface area (Å²) >= 11 is 0. The summed E-state index contributed by atoms with van der Waals surface area (Å²) in [4.78, 5) is 22.2. The van der Waals surface area contributed by atoms with Gasteiger partial charge in [-0.05, 0) is 42.2 Å². The minimum Gasteiger partial charge on any atom is -0.345 e. The van der Waals surface area contributed by atoms with Gasteiger partial charge in [-0.2, -0.15) is 5.26 Å². The van der Waals surface area contributed by atoms with E-state index in [2.05, 4.69) is 6.07 Å². The Kier molecular flexibility index (Phi) is 4.80. The summed E-state index contributed by atoms with van der Waals surface area (Å²) < 4.78 is 0. The Morgan fingerprint density at radius 2 is 1.65 bits per heavy atom. The third-order valence-electron chi connectivity index (χ3n) is 2.93. The maximum absolute atomic E-state index is 10.6. The van der Waals surface area contributed by atoms with E-state index in [1.165, 1.54) is 0 Å². The molecule has 0 aliphatic carbocycles. The van der Waals surface area contributed by atoms with Gasteiger partial charge in [0.15, 0.2) is 6.49 Å². The molecular weight excluding hydrogens is 289 g/mol. The van der Waals surface area contributed by atoms with E-state index in [-0.39, 0.29) is 0 Å². The van der Waals surface area contributed by atoms with Gasteiger partial charge in [-0.15, -0.1) is 10.1 Å². The predicted octanol–water partition coefficient (Wildman–Crippen LogP) is 2.63. The van der Waals surface area contributed by atoms with Crippen molar-refractivity contribution in [2.45, 2.75) is 11.8 Å². The van der Waals surface area contributed by atoms with Crippen LogP contribution in [-0.2, 0) is 10.1 Å². The Morgan fingerprint density at radius 1 is 1.05 bits per heavy atom. The molecule has 0 aliphatic rings. The lowest BCUT2D eigenvalue weighted by Gasteiger charge is -2.20. The molecule has 2 aromatic carbocycles. The zero-order valence-corrected chi connectivity index (χ0v) is 12.8. The van der Waals surface area contributed by atoms with Crippen molar-refractivity contribution >= 4 is 21.9 Å². The zero-order chi connectivity index (χ0) is 14.6. The second kappa shape index (κ2) is 6.39. The van der Waals surface area contributed by atoms with Crippen LogP contribution >= 0.6 is 6.49 Å². The van der Waals surface area contributed by atoms with Crippen molar-refractivity contribution in [3.63, 3.8) is 0 Å². The van der Waals surface area contributed by atoms with Crippen LogP contribution in [0.2, 0.25) is 0 Å². The van der Waals surface area contributed by atoms with E-state index in [0.717, 1.165) is 4.90 Å². The molecule has 3 nitrogen and oxygen atoms in total. The van der Waals surface area contributed by atoms with Gasteiger partial charge in [0.25, 0.3) is 0 Å². The number of benzene rings is 2. The smallest absolute Gasteiger partial charge is 0.178 e. The predicted molar refractivity (Wildman–Crippen MR) is 84.8 cm³/mol. The molecule has 5 heteroatoms. The molecule has 0 saturated heterocycles. The van der Waals surface area contributed by atoms with E-state index in [1.807, 2.05) is 37.3 Å². The van der Waals surface area contributed by atoms with Gasteiger partial charge in [0.1, 0.15) is 0 Å². The molecule has 1 unspecified atom stereocenters. The molecule has 2 rings (SSSR count). The van der Waals surface area contributed by atoms with E-state index >= 15 is 0 Å². The summed E-state index contributed by atoms with van der Waals surface area (Å²) in [7, 11) is -0.654. The van der Waals surface area contributed by atoms with Crippen LogP contribution in [0, 0.1) is 11.3 Å². The van der Waals surface area contributed by atoms with Crippen LogP contribution in [0.1, 0.15) is 12.5 Å².